The molecule has 0 spiro atoms. The van der Waals surface area contributed by atoms with Crippen LogP contribution >= 0.6 is 0 Å². The maximum absolute atomic E-state index is 11.2. The fourth-order valence-corrected chi connectivity index (χ4v) is 0.748. The van der Waals surface area contributed by atoms with Gasteiger partial charge in [-0.25, -0.2) is 4.98 Å². The molecule has 1 rings (SSSR count). The molecule has 0 aromatic carbocycles. The van der Waals surface area contributed by atoms with Gasteiger partial charge in [0, 0.05) is 6.92 Å². The Morgan fingerprint density at radius 3 is 2.62 bits per heavy atom. The first kappa shape index (κ1) is 9.24. The van der Waals surface area contributed by atoms with Crippen molar-refractivity contribution < 1.29 is 9.59 Å². The van der Waals surface area contributed by atoms with Crippen LogP contribution in [0.2, 0.25) is 0 Å². The third-order valence-electron chi connectivity index (χ3n) is 1.30. The summed E-state index contributed by atoms with van der Waals surface area (Å²) in [6.07, 6.45) is 1.40. The highest BCUT2D eigenvalue weighted by Gasteiger charge is 2.07. The molecule has 0 saturated heterocycles. The van der Waals surface area contributed by atoms with E-state index in [-0.39, 0.29) is 5.91 Å². The zero-order valence-corrected chi connectivity index (χ0v) is 7.34. The zero-order chi connectivity index (χ0) is 9.84. The van der Waals surface area contributed by atoms with Crippen molar-refractivity contribution in [2.75, 3.05) is 0 Å². The summed E-state index contributed by atoms with van der Waals surface area (Å²) in [7, 11) is 0. The number of amides is 2. The summed E-state index contributed by atoms with van der Waals surface area (Å²) in [5.41, 5.74) is 4.68. The molecule has 1 aromatic rings. The Hall–Kier alpha value is -1.85. The summed E-state index contributed by atoms with van der Waals surface area (Å²) in [5, 5.41) is 0. The number of imidazole rings is 1. The molecule has 0 saturated carbocycles. The summed E-state index contributed by atoms with van der Waals surface area (Å²) in [5.74, 6) is -0.103. The molecule has 3 N–H and O–H groups in total. The average molecular weight is 182 g/mol. The smallest absolute Gasteiger partial charge is 0.287 e. The molecule has 0 aliphatic heterocycles. The number of nitrogens with zero attached hydrogens (tertiary/aromatic N) is 1. The largest absolute Gasteiger partial charge is 0.338 e. The van der Waals surface area contributed by atoms with E-state index in [9.17, 15) is 9.59 Å². The fraction of sp³-hybridized carbons (Fsp3) is 0.286. The van der Waals surface area contributed by atoms with E-state index in [0.717, 1.165) is 0 Å². The molecule has 70 valence electrons. The van der Waals surface area contributed by atoms with Gasteiger partial charge in [0.05, 0.1) is 6.20 Å². The molecule has 0 bridgehead atoms. The highest BCUT2D eigenvalue weighted by Crippen LogP contribution is 1.93. The van der Waals surface area contributed by atoms with Crippen LogP contribution in [0.1, 0.15) is 23.2 Å². The van der Waals surface area contributed by atoms with Gasteiger partial charge in [-0.1, -0.05) is 0 Å². The number of nitrogens with one attached hydrogen (secondary N) is 3. The van der Waals surface area contributed by atoms with E-state index in [1.54, 1.807) is 6.92 Å². The lowest BCUT2D eigenvalue weighted by atomic mass is 10.5. The summed E-state index contributed by atoms with van der Waals surface area (Å²) < 4.78 is 0. The Balaban J connectivity index is 2.54. The van der Waals surface area contributed by atoms with Crippen molar-refractivity contribution in [3.8, 4) is 0 Å². The van der Waals surface area contributed by atoms with Crippen molar-refractivity contribution in [1.82, 2.24) is 20.8 Å². The van der Waals surface area contributed by atoms with E-state index < -0.39 is 5.91 Å². The van der Waals surface area contributed by atoms with Crippen molar-refractivity contribution in [3.05, 3.63) is 17.7 Å². The standard InChI is InChI=1S/C7H10N4O2/c1-4-8-3-6(9-4)7(13)11-10-5(2)12/h3H,1-2H3,(H,8,9)(H,10,12)(H,11,13). The van der Waals surface area contributed by atoms with E-state index in [2.05, 4.69) is 20.8 Å². The molecule has 1 aromatic heterocycles. The Kier molecular flexibility index (Phi) is 2.63. The molecule has 2 amide bonds. The van der Waals surface area contributed by atoms with E-state index in [4.69, 9.17) is 0 Å². The second-order valence-electron chi connectivity index (χ2n) is 2.52. The molecular formula is C7H10N4O2. The second kappa shape index (κ2) is 3.70. The predicted molar refractivity (Wildman–Crippen MR) is 44.6 cm³/mol. The number of H-pyrrole nitrogens is 1. The fourth-order valence-electron chi connectivity index (χ4n) is 0.748. The topological polar surface area (TPSA) is 86.9 Å². The molecular weight excluding hydrogens is 172 g/mol. The van der Waals surface area contributed by atoms with Crippen LogP contribution < -0.4 is 10.9 Å². The minimum atomic E-state index is -0.421. The summed E-state index contributed by atoms with van der Waals surface area (Å²) in [6.45, 7) is 3.04. The van der Waals surface area contributed by atoms with Crippen LogP contribution in [0.4, 0.5) is 0 Å². The first-order valence-electron chi connectivity index (χ1n) is 3.68. The quantitative estimate of drug-likeness (QED) is 0.511. The minimum Gasteiger partial charge on any atom is -0.338 e. The van der Waals surface area contributed by atoms with Gasteiger partial charge in [0.2, 0.25) is 5.91 Å². The summed E-state index contributed by atoms with van der Waals surface area (Å²) >= 11 is 0. The lowest BCUT2D eigenvalue weighted by Gasteiger charge is -2.01. The monoisotopic (exact) mass is 182 g/mol. The number of hydrazine groups is 1. The van der Waals surface area contributed by atoms with Crippen molar-refractivity contribution in [3.63, 3.8) is 0 Å². The van der Waals surface area contributed by atoms with Gasteiger partial charge in [-0.05, 0) is 6.92 Å². The average Bonchev–Trinajstić information content (AvgIpc) is 2.47. The van der Waals surface area contributed by atoms with Gasteiger partial charge < -0.3 is 4.98 Å². The summed E-state index contributed by atoms with van der Waals surface area (Å²) in [4.78, 5) is 28.2. The van der Waals surface area contributed by atoms with Crippen molar-refractivity contribution in [2.24, 2.45) is 0 Å². The van der Waals surface area contributed by atoms with Crippen molar-refractivity contribution in [1.29, 1.82) is 0 Å². The van der Waals surface area contributed by atoms with Gasteiger partial charge >= 0.3 is 0 Å². The number of hydrogen-bond donors (Lipinski definition) is 3. The second-order valence-corrected chi connectivity index (χ2v) is 2.52. The van der Waals surface area contributed by atoms with Gasteiger partial charge in [0.1, 0.15) is 11.5 Å². The molecule has 0 fully saturated rings. The highest BCUT2D eigenvalue weighted by molar-refractivity contribution is 5.93. The van der Waals surface area contributed by atoms with Crippen molar-refractivity contribution >= 4 is 11.8 Å². The molecule has 13 heavy (non-hydrogen) atoms. The predicted octanol–water partition coefficient (Wildman–Crippen LogP) is -0.501. The van der Waals surface area contributed by atoms with Crippen LogP contribution in [0.5, 0.6) is 0 Å². The molecule has 0 aliphatic carbocycles. The van der Waals surface area contributed by atoms with Crippen LogP contribution in [0, 0.1) is 6.92 Å². The molecule has 6 heteroatoms. The number of carbonyl (C=O) groups is 2. The Bertz CT molecular complexity index is 331. The van der Waals surface area contributed by atoms with Gasteiger partial charge in [-0.3, -0.25) is 20.4 Å². The number of aryl methyl sites for hydroxylation is 1. The number of rotatable bonds is 1. The van der Waals surface area contributed by atoms with Crippen LogP contribution in [0.3, 0.4) is 0 Å². The van der Waals surface area contributed by atoms with Crippen LogP contribution in [0.25, 0.3) is 0 Å². The first-order valence-corrected chi connectivity index (χ1v) is 3.68. The van der Waals surface area contributed by atoms with Crippen molar-refractivity contribution in [2.45, 2.75) is 13.8 Å². The molecule has 0 unspecified atom stereocenters. The lowest BCUT2D eigenvalue weighted by Crippen LogP contribution is -2.40. The SMILES string of the molecule is CC(=O)NNC(=O)c1cnc(C)[nH]1. The number of aromatic nitrogens is 2. The number of hydrogen-bond acceptors (Lipinski definition) is 3. The highest BCUT2D eigenvalue weighted by atomic mass is 16.2. The van der Waals surface area contributed by atoms with E-state index >= 15 is 0 Å². The maximum Gasteiger partial charge on any atom is 0.287 e. The van der Waals surface area contributed by atoms with Gasteiger partial charge in [0.15, 0.2) is 0 Å². The normalized spacial score (nSPS) is 9.38. The minimum absolute atomic E-state index is 0.311. The van der Waals surface area contributed by atoms with E-state index in [0.29, 0.717) is 11.5 Å². The molecule has 0 aliphatic rings. The number of carbonyl (C=O) groups excluding carboxylic acids is 2. The molecule has 0 atom stereocenters. The van der Waals surface area contributed by atoms with E-state index in [1.807, 2.05) is 0 Å². The van der Waals surface area contributed by atoms with Crippen LogP contribution in [-0.4, -0.2) is 21.8 Å². The van der Waals surface area contributed by atoms with Crippen LogP contribution in [0.15, 0.2) is 6.20 Å². The third-order valence-corrected chi connectivity index (χ3v) is 1.30. The molecule has 1 heterocycles. The van der Waals surface area contributed by atoms with Gasteiger partial charge in [-0.2, -0.15) is 0 Å². The first-order chi connectivity index (χ1) is 6.09. The zero-order valence-electron chi connectivity index (χ0n) is 7.34. The molecule has 0 radical (unpaired) electrons. The Labute approximate surface area is 74.7 Å². The third kappa shape index (κ3) is 2.58. The number of aromatic amines is 1. The lowest BCUT2D eigenvalue weighted by molar-refractivity contribution is -0.119. The Morgan fingerprint density at radius 2 is 2.15 bits per heavy atom. The summed E-state index contributed by atoms with van der Waals surface area (Å²) in [6, 6.07) is 0. The van der Waals surface area contributed by atoms with Gasteiger partial charge in [-0.15, -0.1) is 0 Å². The Morgan fingerprint density at radius 1 is 1.46 bits per heavy atom. The maximum atomic E-state index is 11.2. The van der Waals surface area contributed by atoms with E-state index in [1.165, 1.54) is 13.1 Å². The van der Waals surface area contributed by atoms with Gasteiger partial charge in [0.25, 0.3) is 5.91 Å². The molecule has 6 nitrogen and oxygen atoms in total. The van der Waals surface area contributed by atoms with Crippen LogP contribution in [-0.2, 0) is 4.79 Å².